The zero-order chi connectivity index (χ0) is 25.9. The third-order valence-corrected chi connectivity index (χ3v) is 7.37. The molecule has 3 N–H and O–H groups in total. The highest BCUT2D eigenvalue weighted by molar-refractivity contribution is 5.69. The first-order valence-electron chi connectivity index (χ1n) is 14.3. The summed E-state index contributed by atoms with van der Waals surface area (Å²) >= 11 is 0. The fourth-order valence-electron chi connectivity index (χ4n) is 5.06. The Kier molecular flexibility index (Phi) is 17.1. The van der Waals surface area contributed by atoms with Gasteiger partial charge in [0.15, 0.2) is 0 Å². The number of esters is 1. The lowest BCUT2D eigenvalue weighted by molar-refractivity contribution is -0.143. The molecule has 1 unspecified atom stereocenters. The number of carbonyl (C=O) groups excluding carboxylic acids is 1. The van der Waals surface area contributed by atoms with Crippen molar-refractivity contribution in [3.63, 3.8) is 0 Å². The second-order valence-electron chi connectivity index (χ2n) is 10.5. The molecule has 0 bridgehead atoms. The third kappa shape index (κ3) is 13.5. The van der Waals surface area contributed by atoms with Gasteiger partial charge in [0.25, 0.3) is 0 Å². The van der Waals surface area contributed by atoms with Crippen LogP contribution in [-0.2, 0) is 9.53 Å². The topological polar surface area (TPSA) is 87.0 Å². The van der Waals surface area contributed by atoms with Gasteiger partial charge in [0.05, 0.1) is 18.8 Å². The Morgan fingerprint density at radius 1 is 0.971 bits per heavy atom. The van der Waals surface area contributed by atoms with Gasteiger partial charge in [-0.3, -0.25) is 4.79 Å². The summed E-state index contributed by atoms with van der Waals surface area (Å²) in [6.07, 6.45) is 23.5. The van der Waals surface area contributed by atoms with Crippen molar-refractivity contribution in [2.24, 2.45) is 11.8 Å². The molecule has 0 heterocycles. The lowest BCUT2D eigenvalue weighted by Crippen LogP contribution is -2.26. The molecule has 5 heteroatoms. The van der Waals surface area contributed by atoms with E-state index in [1.54, 1.807) is 0 Å². The summed E-state index contributed by atoms with van der Waals surface area (Å²) in [5.74, 6) is 2.35. The van der Waals surface area contributed by atoms with Crippen LogP contribution in [0.1, 0.15) is 123 Å². The van der Waals surface area contributed by atoms with Gasteiger partial charge in [-0.15, -0.1) is 6.42 Å². The highest BCUT2D eigenvalue weighted by Gasteiger charge is 2.39. The number of ether oxygens (including phenoxy) is 1. The SMILES string of the molecule is C#CC(O)(CC=C[C@@H]1[C@@H](CCCCCCC(=O)OCCCCCC)[C@@H](O)C[C@H]1O)CCCCCC. The lowest BCUT2D eigenvalue weighted by atomic mass is 9.87. The Morgan fingerprint density at radius 2 is 1.63 bits per heavy atom. The molecule has 1 aliphatic carbocycles. The number of rotatable bonds is 20. The van der Waals surface area contributed by atoms with E-state index in [1.807, 2.05) is 12.2 Å². The molecule has 0 aromatic rings. The summed E-state index contributed by atoms with van der Waals surface area (Å²) in [6.45, 7) is 4.85. The average Bonchev–Trinajstić information content (AvgIpc) is 3.11. The summed E-state index contributed by atoms with van der Waals surface area (Å²) in [4.78, 5) is 11.8. The zero-order valence-corrected chi connectivity index (χ0v) is 22.4. The van der Waals surface area contributed by atoms with Gasteiger partial charge >= 0.3 is 5.97 Å². The summed E-state index contributed by atoms with van der Waals surface area (Å²) in [5, 5.41) is 31.6. The molecular weight excluding hydrogens is 440 g/mol. The molecule has 5 nitrogen and oxygen atoms in total. The van der Waals surface area contributed by atoms with Gasteiger partial charge < -0.3 is 20.1 Å². The second-order valence-corrected chi connectivity index (χ2v) is 10.5. The maximum atomic E-state index is 11.8. The van der Waals surface area contributed by atoms with Gasteiger partial charge in [0.2, 0.25) is 0 Å². The highest BCUT2D eigenvalue weighted by atomic mass is 16.5. The van der Waals surface area contributed by atoms with Gasteiger partial charge in [-0.2, -0.15) is 0 Å². The molecule has 0 aromatic carbocycles. The van der Waals surface area contributed by atoms with Gasteiger partial charge in [0.1, 0.15) is 5.60 Å². The minimum atomic E-state index is -1.14. The number of terminal acetylenes is 1. The van der Waals surface area contributed by atoms with Crippen molar-refractivity contribution in [1.29, 1.82) is 0 Å². The van der Waals surface area contributed by atoms with Gasteiger partial charge in [-0.25, -0.2) is 0 Å². The van der Waals surface area contributed by atoms with Crippen LogP contribution in [0.2, 0.25) is 0 Å². The fourth-order valence-corrected chi connectivity index (χ4v) is 5.06. The van der Waals surface area contributed by atoms with Crippen LogP contribution in [0.5, 0.6) is 0 Å². The quantitative estimate of drug-likeness (QED) is 0.0828. The first kappa shape index (κ1) is 31.7. The summed E-state index contributed by atoms with van der Waals surface area (Å²) in [7, 11) is 0. The molecule has 1 rings (SSSR count). The third-order valence-electron chi connectivity index (χ3n) is 7.37. The van der Waals surface area contributed by atoms with E-state index in [1.165, 1.54) is 12.8 Å². The molecule has 35 heavy (non-hydrogen) atoms. The van der Waals surface area contributed by atoms with Crippen LogP contribution < -0.4 is 0 Å². The molecule has 0 aliphatic heterocycles. The van der Waals surface area contributed by atoms with Crippen molar-refractivity contribution in [3.8, 4) is 12.3 Å². The largest absolute Gasteiger partial charge is 0.466 e. The number of hydrogen-bond acceptors (Lipinski definition) is 5. The molecule has 0 amide bonds. The molecular formula is C30H52O5. The molecule has 1 aliphatic rings. The van der Waals surface area contributed by atoms with Crippen molar-refractivity contribution < 1.29 is 24.9 Å². The molecule has 0 spiro atoms. The van der Waals surface area contributed by atoms with E-state index < -0.39 is 17.8 Å². The van der Waals surface area contributed by atoms with Crippen molar-refractivity contribution in [1.82, 2.24) is 0 Å². The first-order valence-corrected chi connectivity index (χ1v) is 14.3. The van der Waals surface area contributed by atoms with Crippen molar-refractivity contribution >= 4 is 5.97 Å². The minimum absolute atomic E-state index is 0.0119. The number of aliphatic hydroxyl groups is 3. The summed E-state index contributed by atoms with van der Waals surface area (Å²) in [6, 6.07) is 0. The van der Waals surface area contributed by atoms with Crippen LogP contribution in [0.3, 0.4) is 0 Å². The van der Waals surface area contributed by atoms with Crippen LogP contribution in [0, 0.1) is 24.2 Å². The van der Waals surface area contributed by atoms with Crippen molar-refractivity contribution in [2.45, 2.75) is 141 Å². The Labute approximate surface area is 214 Å². The highest BCUT2D eigenvalue weighted by Crippen LogP contribution is 2.37. The van der Waals surface area contributed by atoms with Crippen LogP contribution in [-0.4, -0.2) is 45.7 Å². The van der Waals surface area contributed by atoms with Crippen LogP contribution in [0.25, 0.3) is 0 Å². The monoisotopic (exact) mass is 492 g/mol. The van der Waals surface area contributed by atoms with E-state index >= 15 is 0 Å². The smallest absolute Gasteiger partial charge is 0.305 e. The molecule has 0 radical (unpaired) electrons. The molecule has 1 saturated carbocycles. The molecule has 1 fully saturated rings. The van der Waals surface area contributed by atoms with Gasteiger partial charge in [0, 0.05) is 25.2 Å². The van der Waals surface area contributed by atoms with Crippen LogP contribution in [0.4, 0.5) is 0 Å². The van der Waals surface area contributed by atoms with Crippen molar-refractivity contribution in [3.05, 3.63) is 12.2 Å². The summed E-state index contributed by atoms with van der Waals surface area (Å²) < 4.78 is 5.28. The number of carbonyl (C=O) groups is 1. The molecule has 0 saturated heterocycles. The van der Waals surface area contributed by atoms with Gasteiger partial charge in [-0.05, 0) is 38.0 Å². The van der Waals surface area contributed by atoms with Crippen LogP contribution in [0.15, 0.2) is 12.2 Å². The second kappa shape index (κ2) is 18.9. The molecule has 202 valence electrons. The Hall–Kier alpha value is -1.35. The van der Waals surface area contributed by atoms with E-state index in [9.17, 15) is 20.1 Å². The Balaban J connectivity index is 2.33. The Morgan fingerprint density at radius 3 is 2.31 bits per heavy atom. The van der Waals surface area contributed by atoms with E-state index in [0.717, 1.165) is 70.6 Å². The minimum Gasteiger partial charge on any atom is -0.466 e. The average molecular weight is 493 g/mol. The molecule has 5 atom stereocenters. The normalized spacial score (nSPS) is 23.9. The Bertz CT molecular complexity index is 625. The summed E-state index contributed by atoms with van der Waals surface area (Å²) in [5.41, 5.74) is -1.14. The number of aliphatic hydroxyl groups excluding tert-OH is 2. The zero-order valence-electron chi connectivity index (χ0n) is 22.4. The fraction of sp³-hybridized carbons (Fsp3) is 0.833. The van der Waals surface area contributed by atoms with Crippen LogP contribution >= 0.6 is 0 Å². The van der Waals surface area contributed by atoms with E-state index in [-0.39, 0.29) is 17.8 Å². The lowest BCUT2D eigenvalue weighted by Gasteiger charge is -2.23. The van der Waals surface area contributed by atoms with E-state index in [4.69, 9.17) is 11.2 Å². The standard InChI is InChI=1S/C30H52O5/c1-4-7-9-15-21-30(34,6-3)22-17-19-26-25(27(31)24-28(26)32)18-13-11-12-14-20-29(33)35-23-16-10-8-5-2/h3,17,19,25-28,31-32,34H,4-5,7-16,18,20-24H2,1-2H3/t25-,26-,27+,28-,30?/m1/s1. The predicted molar refractivity (Wildman–Crippen MR) is 143 cm³/mol. The molecule has 0 aromatic heterocycles. The van der Waals surface area contributed by atoms with E-state index in [2.05, 4.69) is 19.8 Å². The van der Waals surface area contributed by atoms with Gasteiger partial charge in [-0.1, -0.05) is 89.7 Å². The van der Waals surface area contributed by atoms with E-state index in [0.29, 0.717) is 32.3 Å². The maximum absolute atomic E-state index is 11.8. The number of hydrogen-bond donors (Lipinski definition) is 3. The van der Waals surface area contributed by atoms with Crippen molar-refractivity contribution in [2.75, 3.05) is 6.61 Å². The first-order chi connectivity index (χ1) is 16.9. The maximum Gasteiger partial charge on any atom is 0.305 e. The number of unbranched alkanes of at least 4 members (excludes halogenated alkanes) is 9. The predicted octanol–water partition coefficient (Wildman–Crippen LogP) is 6.09.